The molecule has 1 atom stereocenters. The summed E-state index contributed by atoms with van der Waals surface area (Å²) < 4.78 is 5.38. The third-order valence-corrected chi connectivity index (χ3v) is 3.98. The summed E-state index contributed by atoms with van der Waals surface area (Å²) in [7, 11) is 5.80. The molecule has 0 amide bonds. The van der Waals surface area contributed by atoms with E-state index in [0.29, 0.717) is 11.6 Å². The van der Waals surface area contributed by atoms with Crippen LogP contribution in [0.2, 0.25) is 0 Å². The summed E-state index contributed by atoms with van der Waals surface area (Å²) >= 11 is 0. The first-order valence-corrected chi connectivity index (χ1v) is 7.30. The van der Waals surface area contributed by atoms with E-state index in [1.54, 1.807) is 25.3 Å². The molecule has 1 aliphatic rings. The van der Waals surface area contributed by atoms with Crippen molar-refractivity contribution >= 4 is 5.97 Å². The Labute approximate surface area is 126 Å². The van der Waals surface area contributed by atoms with E-state index >= 15 is 0 Å². The van der Waals surface area contributed by atoms with Gasteiger partial charge in [-0.25, -0.2) is 4.79 Å². The summed E-state index contributed by atoms with van der Waals surface area (Å²) in [5.74, 6) is -0.138. The monoisotopic (exact) mass is 292 g/mol. The minimum absolute atomic E-state index is 0.314. The van der Waals surface area contributed by atoms with Crippen molar-refractivity contribution in [1.82, 2.24) is 9.80 Å². The number of carbonyl (C=O) groups is 1. The number of likely N-dealkylation sites (tertiary alicyclic amines) is 1. The van der Waals surface area contributed by atoms with Gasteiger partial charge in [0.25, 0.3) is 0 Å². The van der Waals surface area contributed by atoms with Crippen LogP contribution in [0.25, 0.3) is 0 Å². The molecule has 1 aromatic rings. The first-order chi connectivity index (χ1) is 10.0. The van der Waals surface area contributed by atoms with Crippen molar-refractivity contribution in [2.75, 3.05) is 34.3 Å². The second-order valence-electron chi connectivity index (χ2n) is 5.86. The summed E-state index contributed by atoms with van der Waals surface area (Å²) in [6.07, 6.45) is 2.39. The second kappa shape index (κ2) is 6.91. The Kier molecular flexibility index (Phi) is 5.20. The maximum absolute atomic E-state index is 11.1. The van der Waals surface area contributed by atoms with Crippen LogP contribution >= 0.6 is 0 Å². The van der Waals surface area contributed by atoms with E-state index in [4.69, 9.17) is 9.84 Å². The molecule has 116 valence electrons. The first kappa shape index (κ1) is 15.8. The fourth-order valence-corrected chi connectivity index (χ4v) is 2.99. The third kappa shape index (κ3) is 3.95. The van der Waals surface area contributed by atoms with Crippen LogP contribution in [0.5, 0.6) is 5.75 Å². The molecular weight excluding hydrogens is 268 g/mol. The standard InChI is InChI=1S/C16H24N2O3/c1-17(2)11-14-5-4-8-18(14)10-13-9-12(16(19)20)6-7-15(13)21-3/h6-7,9,14H,4-5,8,10-11H2,1-3H3,(H,19,20). The van der Waals surface area contributed by atoms with Crippen molar-refractivity contribution in [3.8, 4) is 5.75 Å². The molecule has 0 saturated carbocycles. The van der Waals surface area contributed by atoms with Crippen LogP contribution in [0.1, 0.15) is 28.8 Å². The zero-order valence-electron chi connectivity index (χ0n) is 13.0. The summed E-state index contributed by atoms with van der Waals surface area (Å²) in [5, 5.41) is 9.14. The lowest BCUT2D eigenvalue weighted by Crippen LogP contribution is -2.37. The Morgan fingerprint density at radius 3 is 2.86 bits per heavy atom. The van der Waals surface area contributed by atoms with Crippen LogP contribution in [-0.4, -0.2) is 61.2 Å². The molecule has 0 aliphatic carbocycles. The van der Waals surface area contributed by atoms with Crippen molar-refractivity contribution in [3.05, 3.63) is 29.3 Å². The molecule has 0 aromatic heterocycles. The van der Waals surface area contributed by atoms with Crippen LogP contribution in [0, 0.1) is 0 Å². The molecule has 5 heteroatoms. The van der Waals surface area contributed by atoms with Crippen LogP contribution in [0.15, 0.2) is 18.2 Å². The van der Waals surface area contributed by atoms with E-state index < -0.39 is 5.97 Å². The molecule has 5 nitrogen and oxygen atoms in total. The van der Waals surface area contributed by atoms with Gasteiger partial charge < -0.3 is 14.7 Å². The molecular formula is C16H24N2O3. The molecule has 0 radical (unpaired) electrons. The van der Waals surface area contributed by atoms with Crippen LogP contribution in [0.3, 0.4) is 0 Å². The smallest absolute Gasteiger partial charge is 0.335 e. The first-order valence-electron chi connectivity index (χ1n) is 7.30. The van der Waals surface area contributed by atoms with Crippen molar-refractivity contribution in [3.63, 3.8) is 0 Å². The van der Waals surface area contributed by atoms with Gasteiger partial charge in [0.2, 0.25) is 0 Å². The minimum Gasteiger partial charge on any atom is -0.496 e. The minimum atomic E-state index is -0.898. The normalized spacial score (nSPS) is 19.1. The second-order valence-corrected chi connectivity index (χ2v) is 5.86. The highest BCUT2D eigenvalue weighted by Gasteiger charge is 2.26. The molecule has 0 bridgehead atoms. The number of nitrogens with zero attached hydrogens (tertiary/aromatic N) is 2. The Balaban J connectivity index is 2.17. The number of carboxylic acid groups (broad SMARTS) is 1. The van der Waals surface area contributed by atoms with Crippen molar-refractivity contribution in [2.24, 2.45) is 0 Å². The Hall–Kier alpha value is -1.59. The van der Waals surface area contributed by atoms with Crippen molar-refractivity contribution < 1.29 is 14.6 Å². The number of ether oxygens (including phenoxy) is 1. The zero-order chi connectivity index (χ0) is 15.4. The van der Waals surface area contributed by atoms with E-state index in [2.05, 4.69) is 23.9 Å². The average Bonchev–Trinajstić information content (AvgIpc) is 2.85. The highest BCUT2D eigenvalue weighted by molar-refractivity contribution is 5.88. The summed E-state index contributed by atoms with van der Waals surface area (Å²) in [6, 6.07) is 5.59. The zero-order valence-corrected chi connectivity index (χ0v) is 13.0. The molecule has 0 spiro atoms. The van der Waals surface area contributed by atoms with E-state index in [0.717, 1.165) is 30.9 Å². The van der Waals surface area contributed by atoms with Gasteiger partial charge in [0.1, 0.15) is 5.75 Å². The molecule has 1 aromatic carbocycles. The quantitative estimate of drug-likeness (QED) is 0.868. The van der Waals surface area contributed by atoms with Gasteiger partial charge in [-0.1, -0.05) is 0 Å². The van der Waals surface area contributed by atoms with E-state index in [1.165, 1.54) is 12.8 Å². The average molecular weight is 292 g/mol. The predicted octanol–water partition coefficient (Wildman–Crippen LogP) is 1.92. The van der Waals surface area contributed by atoms with Gasteiger partial charge in [0, 0.05) is 24.7 Å². The fraction of sp³-hybridized carbons (Fsp3) is 0.562. The maximum Gasteiger partial charge on any atom is 0.335 e. The Bertz CT molecular complexity index is 502. The largest absolute Gasteiger partial charge is 0.496 e. The Morgan fingerprint density at radius 2 is 2.24 bits per heavy atom. The lowest BCUT2D eigenvalue weighted by molar-refractivity contribution is 0.0696. The van der Waals surface area contributed by atoms with E-state index in [9.17, 15) is 4.79 Å². The van der Waals surface area contributed by atoms with Crippen LogP contribution < -0.4 is 4.74 Å². The topological polar surface area (TPSA) is 53.0 Å². The molecule has 21 heavy (non-hydrogen) atoms. The molecule has 1 saturated heterocycles. The number of carboxylic acids is 1. The Morgan fingerprint density at radius 1 is 1.48 bits per heavy atom. The van der Waals surface area contributed by atoms with Crippen molar-refractivity contribution in [1.29, 1.82) is 0 Å². The number of methoxy groups -OCH3 is 1. The predicted molar refractivity (Wildman–Crippen MR) is 81.9 cm³/mol. The highest BCUT2D eigenvalue weighted by Crippen LogP contribution is 2.26. The van der Waals surface area contributed by atoms with Gasteiger partial charge in [0.15, 0.2) is 0 Å². The molecule has 1 fully saturated rings. The summed E-state index contributed by atoms with van der Waals surface area (Å²) in [4.78, 5) is 15.8. The van der Waals surface area contributed by atoms with Gasteiger partial charge in [-0.05, 0) is 51.7 Å². The lowest BCUT2D eigenvalue weighted by atomic mass is 10.1. The van der Waals surface area contributed by atoms with Crippen molar-refractivity contribution in [2.45, 2.75) is 25.4 Å². The van der Waals surface area contributed by atoms with Gasteiger partial charge in [-0.3, -0.25) is 4.90 Å². The number of aromatic carboxylic acids is 1. The molecule has 1 heterocycles. The van der Waals surface area contributed by atoms with Gasteiger partial charge in [-0.15, -0.1) is 0 Å². The number of benzene rings is 1. The number of hydrogen-bond donors (Lipinski definition) is 1. The van der Waals surface area contributed by atoms with Gasteiger partial charge in [-0.2, -0.15) is 0 Å². The van der Waals surface area contributed by atoms with Gasteiger partial charge in [0.05, 0.1) is 12.7 Å². The highest BCUT2D eigenvalue weighted by atomic mass is 16.5. The molecule has 1 N–H and O–H groups in total. The molecule has 1 unspecified atom stereocenters. The molecule has 2 rings (SSSR count). The van der Waals surface area contributed by atoms with Crippen LogP contribution in [-0.2, 0) is 6.54 Å². The summed E-state index contributed by atoms with van der Waals surface area (Å²) in [6.45, 7) is 2.82. The third-order valence-electron chi connectivity index (χ3n) is 3.98. The SMILES string of the molecule is COc1ccc(C(=O)O)cc1CN1CCCC1CN(C)C. The van der Waals surface area contributed by atoms with Crippen LogP contribution in [0.4, 0.5) is 0 Å². The number of hydrogen-bond acceptors (Lipinski definition) is 4. The lowest BCUT2D eigenvalue weighted by Gasteiger charge is -2.27. The fourth-order valence-electron chi connectivity index (χ4n) is 2.99. The summed E-state index contributed by atoms with van der Waals surface area (Å²) in [5.41, 5.74) is 1.26. The van der Waals surface area contributed by atoms with E-state index in [-0.39, 0.29) is 0 Å². The number of rotatable bonds is 6. The van der Waals surface area contributed by atoms with E-state index in [1.807, 2.05) is 0 Å². The number of likely N-dealkylation sites (N-methyl/N-ethyl adjacent to an activating group) is 1. The maximum atomic E-state index is 11.1. The van der Waals surface area contributed by atoms with Gasteiger partial charge >= 0.3 is 5.97 Å². The molecule has 1 aliphatic heterocycles.